The number of aromatic nitrogens is 2. The molecule has 0 spiro atoms. The van der Waals surface area contributed by atoms with Gasteiger partial charge in [-0.25, -0.2) is 0 Å². The SMILES string of the molecule is CC1(C)c2cc3ccncc3cc2-c2c1ccc1c2C(C)(C)c2cccnc2-1. The lowest BCUT2D eigenvalue weighted by molar-refractivity contribution is 0.647. The first-order valence-corrected chi connectivity index (χ1v) is 9.93. The summed E-state index contributed by atoms with van der Waals surface area (Å²) in [7, 11) is 0. The zero-order valence-corrected chi connectivity index (χ0v) is 16.7. The third-order valence-corrected chi connectivity index (χ3v) is 6.96. The van der Waals surface area contributed by atoms with E-state index in [-0.39, 0.29) is 10.8 Å². The molecule has 0 radical (unpaired) electrons. The molecular formula is C26H22N2. The maximum absolute atomic E-state index is 4.75. The zero-order valence-electron chi connectivity index (χ0n) is 16.7. The van der Waals surface area contributed by atoms with Crippen LogP contribution in [0.1, 0.15) is 49.9 Å². The molecule has 0 aliphatic heterocycles. The fourth-order valence-electron chi connectivity index (χ4n) is 5.51. The molecule has 2 aromatic carbocycles. The minimum Gasteiger partial charge on any atom is -0.264 e. The van der Waals surface area contributed by atoms with E-state index in [1.54, 1.807) is 0 Å². The van der Waals surface area contributed by atoms with Gasteiger partial charge in [0.2, 0.25) is 0 Å². The highest BCUT2D eigenvalue weighted by atomic mass is 14.7. The fourth-order valence-corrected chi connectivity index (χ4v) is 5.51. The van der Waals surface area contributed by atoms with Crippen molar-refractivity contribution in [3.8, 4) is 22.4 Å². The quantitative estimate of drug-likeness (QED) is 0.370. The highest BCUT2D eigenvalue weighted by Crippen LogP contribution is 2.58. The summed E-state index contributed by atoms with van der Waals surface area (Å²) in [6.45, 7) is 9.38. The summed E-state index contributed by atoms with van der Waals surface area (Å²) in [4.78, 5) is 9.11. The number of hydrogen-bond donors (Lipinski definition) is 0. The first-order chi connectivity index (χ1) is 13.4. The van der Waals surface area contributed by atoms with Gasteiger partial charge >= 0.3 is 0 Å². The van der Waals surface area contributed by atoms with Crippen molar-refractivity contribution < 1.29 is 0 Å². The second-order valence-electron chi connectivity index (χ2n) is 9.18. The second kappa shape index (κ2) is 4.88. The van der Waals surface area contributed by atoms with Crippen LogP contribution < -0.4 is 0 Å². The highest BCUT2D eigenvalue weighted by molar-refractivity contribution is 5.97. The lowest BCUT2D eigenvalue weighted by Gasteiger charge is -2.25. The Hall–Kier alpha value is -3.00. The van der Waals surface area contributed by atoms with Gasteiger partial charge in [0.05, 0.1) is 5.69 Å². The zero-order chi connectivity index (χ0) is 19.3. The molecule has 0 amide bonds. The molecule has 136 valence electrons. The summed E-state index contributed by atoms with van der Waals surface area (Å²) in [5.41, 5.74) is 10.7. The molecule has 2 aliphatic rings. The van der Waals surface area contributed by atoms with Crippen molar-refractivity contribution in [2.24, 2.45) is 0 Å². The van der Waals surface area contributed by atoms with Crippen LogP contribution in [0.4, 0.5) is 0 Å². The molecule has 2 nitrogen and oxygen atoms in total. The van der Waals surface area contributed by atoms with Gasteiger partial charge in [-0.1, -0.05) is 45.9 Å². The van der Waals surface area contributed by atoms with Crippen LogP contribution in [0.2, 0.25) is 0 Å². The number of fused-ring (bicyclic) bond motifs is 8. The van der Waals surface area contributed by atoms with Crippen LogP contribution >= 0.6 is 0 Å². The molecule has 2 heteroatoms. The topological polar surface area (TPSA) is 25.8 Å². The first-order valence-electron chi connectivity index (χ1n) is 9.93. The Balaban J connectivity index is 1.77. The monoisotopic (exact) mass is 362 g/mol. The first kappa shape index (κ1) is 16.0. The van der Waals surface area contributed by atoms with Crippen LogP contribution in [0.25, 0.3) is 33.2 Å². The molecule has 0 saturated heterocycles. The van der Waals surface area contributed by atoms with Gasteiger partial charge in [0.15, 0.2) is 0 Å². The molecule has 28 heavy (non-hydrogen) atoms. The summed E-state index contributed by atoms with van der Waals surface area (Å²) >= 11 is 0. The van der Waals surface area contributed by atoms with Crippen molar-refractivity contribution in [3.63, 3.8) is 0 Å². The van der Waals surface area contributed by atoms with Gasteiger partial charge in [-0.05, 0) is 63.0 Å². The predicted octanol–water partition coefficient (Wildman–Crippen LogP) is 6.24. The Morgan fingerprint density at radius 1 is 0.714 bits per heavy atom. The van der Waals surface area contributed by atoms with E-state index in [4.69, 9.17) is 4.98 Å². The minimum atomic E-state index is -0.0636. The van der Waals surface area contributed by atoms with Crippen LogP contribution in [0, 0.1) is 0 Å². The summed E-state index contributed by atoms with van der Waals surface area (Å²) in [6.07, 6.45) is 5.77. The molecule has 0 unspecified atom stereocenters. The van der Waals surface area contributed by atoms with Gasteiger partial charge in [0, 0.05) is 40.4 Å². The van der Waals surface area contributed by atoms with Gasteiger partial charge in [0.1, 0.15) is 0 Å². The van der Waals surface area contributed by atoms with Crippen molar-refractivity contribution >= 4 is 10.8 Å². The highest BCUT2D eigenvalue weighted by Gasteiger charge is 2.44. The van der Waals surface area contributed by atoms with E-state index >= 15 is 0 Å². The van der Waals surface area contributed by atoms with E-state index in [1.165, 1.54) is 49.7 Å². The average molecular weight is 362 g/mol. The molecule has 0 bridgehead atoms. The Morgan fingerprint density at radius 2 is 1.57 bits per heavy atom. The van der Waals surface area contributed by atoms with E-state index in [2.05, 4.69) is 75.1 Å². The molecule has 0 fully saturated rings. The van der Waals surface area contributed by atoms with E-state index < -0.39 is 0 Å². The summed E-state index contributed by atoms with van der Waals surface area (Å²) in [5.74, 6) is 0. The molecule has 2 aliphatic carbocycles. The third-order valence-electron chi connectivity index (χ3n) is 6.96. The molecule has 0 N–H and O–H groups in total. The van der Waals surface area contributed by atoms with E-state index in [0.717, 1.165) is 5.69 Å². The van der Waals surface area contributed by atoms with Crippen molar-refractivity contribution in [2.45, 2.75) is 38.5 Å². The number of nitrogens with zero attached hydrogens (tertiary/aromatic N) is 2. The number of pyridine rings is 2. The summed E-state index contributed by atoms with van der Waals surface area (Å²) < 4.78 is 0. The average Bonchev–Trinajstić information content (AvgIpc) is 3.06. The lowest BCUT2D eigenvalue weighted by atomic mass is 9.77. The number of rotatable bonds is 0. The minimum absolute atomic E-state index is 0.0184. The van der Waals surface area contributed by atoms with Crippen LogP contribution in [-0.2, 0) is 10.8 Å². The Labute approximate surface area is 165 Å². The van der Waals surface area contributed by atoms with Gasteiger partial charge < -0.3 is 0 Å². The van der Waals surface area contributed by atoms with Crippen molar-refractivity contribution in [1.82, 2.24) is 9.97 Å². The molecule has 0 atom stereocenters. The molecule has 2 heterocycles. The van der Waals surface area contributed by atoms with Gasteiger partial charge in [0.25, 0.3) is 0 Å². The van der Waals surface area contributed by atoms with Crippen LogP contribution in [0.15, 0.2) is 61.1 Å². The van der Waals surface area contributed by atoms with E-state index in [9.17, 15) is 0 Å². The van der Waals surface area contributed by atoms with Crippen molar-refractivity contribution in [2.75, 3.05) is 0 Å². The summed E-state index contributed by atoms with van der Waals surface area (Å²) in [6, 6.07) is 15.7. The van der Waals surface area contributed by atoms with Crippen molar-refractivity contribution in [3.05, 3.63) is 83.3 Å². The summed E-state index contributed by atoms with van der Waals surface area (Å²) in [5, 5.41) is 2.46. The Morgan fingerprint density at radius 3 is 2.43 bits per heavy atom. The fraction of sp³-hybridized carbons (Fsp3) is 0.231. The van der Waals surface area contributed by atoms with E-state index in [1.807, 2.05) is 18.6 Å². The second-order valence-corrected chi connectivity index (χ2v) is 9.18. The number of benzene rings is 2. The molecular weight excluding hydrogens is 340 g/mol. The van der Waals surface area contributed by atoms with Gasteiger partial charge in [-0.15, -0.1) is 0 Å². The van der Waals surface area contributed by atoms with Gasteiger partial charge in [-0.3, -0.25) is 9.97 Å². The number of hydrogen-bond acceptors (Lipinski definition) is 2. The largest absolute Gasteiger partial charge is 0.264 e. The molecule has 2 aromatic heterocycles. The predicted molar refractivity (Wildman–Crippen MR) is 115 cm³/mol. The Bertz CT molecular complexity index is 1310. The van der Waals surface area contributed by atoms with Gasteiger partial charge in [-0.2, -0.15) is 0 Å². The smallest absolute Gasteiger partial charge is 0.0746 e. The third kappa shape index (κ3) is 1.74. The lowest BCUT2D eigenvalue weighted by Crippen LogP contribution is -2.18. The normalized spacial score (nSPS) is 17.1. The van der Waals surface area contributed by atoms with E-state index in [0.29, 0.717) is 0 Å². The molecule has 4 aromatic rings. The Kier molecular flexibility index (Phi) is 2.79. The van der Waals surface area contributed by atoms with Crippen LogP contribution in [-0.4, -0.2) is 9.97 Å². The molecule has 0 saturated carbocycles. The van der Waals surface area contributed by atoms with Crippen molar-refractivity contribution in [1.29, 1.82) is 0 Å². The van der Waals surface area contributed by atoms with Crippen LogP contribution in [0.3, 0.4) is 0 Å². The standard InChI is InChI=1S/C26H22N2/c1-25(2)19-8-7-17-23(26(3,4)20-6-5-10-28-24(17)20)22(19)18-12-16-14-27-11-9-15(16)13-21(18)25/h5-14H,1-4H3. The maximum atomic E-state index is 4.75. The van der Waals surface area contributed by atoms with Crippen LogP contribution in [0.5, 0.6) is 0 Å². The molecule has 6 rings (SSSR count). The maximum Gasteiger partial charge on any atom is 0.0746 e.